The van der Waals surface area contributed by atoms with Crippen LogP contribution in [0.15, 0.2) is 48.5 Å². The number of nitrogens with one attached hydrogen (secondary N) is 3. The van der Waals surface area contributed by atoms with E-state index in [4.69, 9.17) is 11.1 Å². The second kappa shape index (κ2) is 9.11. The number of nitrogens with two attached hydrogens (primary N) is 1. The van der Waals surface area contributed by atoms with Crippen LogP contribution in [0.3, 0.4) is 0 Å². The topological polar surface area (TPSA) is 108 Å². The van der Waals surface area contributed by atoms with Crippen molar-refractivity contribution in [2.75, 3.05) is 5.32 Å². The Kier molecular flexibility index (Phi) is 6.98. The van der Waals surface area contributed by atoms with Crippen molar-refractivity contribution in [1.82, 2.24) is 5.32 Å². The first-order chi connectivity index (χ1) is 14.3. The Labute approximate surface area is 174 Å². The highest BCUT2D eigenvalue weighted by Gasteiger charge is 2.58. The van der Waals surface area contributed by atoms with Crippen molar-refractivity contribution < 1.29 is 31.5 Å². The molecule has 11 heteroatoms. The SMILES string of the molecule is C[C@H](NC(=O)CC(=O)Nc1ccc(C(=N)N)cc1)c1cccc(C(F)(F)C(F)(F)F)c1. The Morgan fingerprint density at radius 2 is 1.65 bits per heavy atom. The van der Waals surface area contributed by atoms with Crippen molar-refractivity contribution in [1.29, 1.82) is 5.41 Å². The molecule has 0 heterocycles. The lowest BCUT2D eigenvalue weighted by atomic mass is 10.0. The number of alkyl halides is 5. The summed E-state index contributed by atoms with van der Waals surface area (Å²) < 4.78 is 64.8. The molecular weight excluding hydrogens is 423 g/mol. The first-order valence-electron chi connectivity index (χ1n) is 8.90. The maximum absolute atomic E-state index is 13.5. The van der Waals surface area contributed by atoms with Crippen molar-refractivity contribution in [3.63, 3.8) is 0 Å². The molecule has 0 unspecified atom stereocenters. The Morgan fingerprint density at radius 1 is 1.03 bits per heavy atom. The van der Waals surface area contributed by atoms with E-state index in [1.807, 2.05) is 0 Å². The number of anilines is 1. The van der Waals surface area contributed by atoms with Gasteiger partial charge in [-0.2, -0.15) is 22.0 Å². The van der Waals surface area contributed by atoms with E-state index in [2.05, 4.69) is 10.6 Å². The number of amidine groups is 1. The number of hydrogen-bond acceptors (Lipinski definition) is 3. The molecule has 1 atom stereocenters. The highest BCUT2D eigenvalue weighted by Crippen LogP contribution is 2.44. The van der Waals surface area contributed by atoms with Gasteiger partial charge in [-0.25, -0.2) is 0 Å². The van der Waals surface area contributed by atoms with E-state index in [1.165, 1.54) is 37.3 Å². The zero-order chi connectivity index (χ0) is 23.4. The predicted molar refractivity (Wildman–Crippen MR) is 104 cm³/mol. The molecule has 0 saturated carbocycles. The van der Waals surface area contributed by atoms with Gasteiger partial charge in [0.15, 0.2) is 0 Å². The lowest BCUT2D eigenvalue weighted by Gasteiger charge is -2.21. The van der Waals surface area contributed by atoms with E-state index >= 15 is 0 Å². The van der Waals surface area contributed by atoms with Gasteiger partial charge in [-0.3, -0.25) is 15.0 Å². The van der Waals surface area contributed by atoms with Crippen molar-refractivity contribution in [2.45, 2.75) is 31.5 Å². The smallest absolute Gasteiger partial charge is 0.384 e. The molecule has 0 aliphatic heterocycles. The second-order valence-corrected chi connectivity index (χ2v) is 6.70. The number of carbonyl (C=O) groups is 2. The molecule has 0 bridgehead atoms. The summed E-state index contributed by atoms with van der Waals surface area (Å²) in [6.07, 6.45) is -6.35. The van der Waals surface area contributed by atoms with E-state index in [9.17, 15) is 31.5 Å². The maximum Gasteiger partial charge on any atom is 0.458 e. The molecule has 0 radical (unpaired) electrons. The van der Waals surface area contributed by atoms with Gasteiger partial charge in [0.2, 0.25) is 11.8 Å². The van der Waals surface area contributed by atoms with Crippen LogP contribution in [-0.2, 0) is 15.5 Å². The minimum absolute atomic E-state index is 0.0232. The first-order valence-corrected chi connectivity index (χ1v) is 8.90. The molecule has 0 aliphatic rings. The van der Waals surface area contributed by atoms with Gasteiger partial charge < -0.3 is 16.4 Å². The molecule has 0 aromatic heterocycles. The van der Waals surface area contributed by atoms with E-state index in [0.717, 1.165) is 6.07 Å². The minimum Gasteiger partial charge on any atom is -0.384 e. The van der Waals surface area contributed by atoms with Crippen LogP contribution in [0, 0.1) is 5.41 Å². The maximum atomic E-state index is 13.5. The van der Waals surface area contributed by atoms with Crippen molar-refractivity contribution in [2.24, 2.45) is 5.73 Å². The van der Waals surface area contributed by atoms with Crippen LogP contribution in [-0.4, -0.2) is 23.8 Å². The quantitative estimate of drug-likeness (QED) is 0.227. The molecule has 2 amide bonds. The third-order valence-electron chi connectivity index (χ3n) is 4.28. The van der Waals surface area contributed by atoms with Crippen LogP contribution in [0.2, 0.25) is 0 Å². The Balaban J connectivity index is 1.98. The molecule has 166 valence electrons. The van der Waals surface area contributed by atoms with Crippen LogP contribution in [0.25, 0.3) is 0 Å². The fourth-order valence-corrected chi connectivity index (χ4v) is 2.63. The average Bonchev–Trinajstić information content (AvgIpc) is 2.67. The average molecular weight is 442 g/mol. The normalized spacial score (nSPS) is 12.7. The second-order valence-electron chi connectivity index (χ2n) is 6.70. The summed E-state index contributed by atoms with van der Waals surface area (Å²) in [5.41, 5.74) is 4.91. The number of amides is 2. The Hall–Kier alpha value is -3.50. The van der Waals surface area contributed by atoms with Gasteiger partial charge in [-0.1, -0.05) is 18.2 Å². The Morgan fingerprint density at radius 3 is 2.19 bits per heavy atom. The van der Waals surface area contributed by atoms with Crippen LogP contribution < -0.4 is 16.4 Å². The monoisotopic (exact) mass is 442 g/mol. The van der Waals surface area contributed by atoms with Crippen molar-refractivity contribution in [3.8, 4) is 0 Å². The minimum atomic E-state index is -5.75. The van der Waals surface area contributed by atoms with Crippen LogP contribution in [0.4, 0.5) is 27.6 Å². The van der Waals surface area contributed by atoms with Crippen molar-refractivity contribution in [3.05, 3.63) is 65.2 Å². The zero-order valence-electron chi connectivity index (χ0n) is 16.2. The molecule has 0 saturated heterocycles. The number of rotatable bonds is 7. The van der Waals surface area contributed by atoms with Gasteiger partial charge in [0.25, 0.3) is 0 Å². The number of hydrogen-bond donors (Lipinski definition) is 4. The summed E-state index contributed by atoms with van der Waals surface area (Å²) >= 11 is 0. The molecule has 2 aromatic carbocycles. The third kappa shape index (κ3) is 6.00. The number of halogens is 5. The van der Waals surface area contributed by atoms with Gasteiger partial charge >= 0.3 is 12.1 Å². The van der Waals surface area contributed by atoms with Gasteiger partial charge in [0.1, 0.15) is 12.3 Å². The summed E-state index contributed by atoms with van der Waals surface area (Å²) in [7, 11) is 0. The predicted octanol–water partition coefficient (Wildman–Crippen LogP) is 3.83. The molecule has 31 heavy (non-hydrogen) atoms. The van der Waals surface area contributed by atoms with Gasteiger partial charge in [-0.15, -0.1) is 0 Å². The summed E-state index contributed by atoms with van der Waals surface area (Å²) in [5.74, 6) is -6.61. The van der Waals surface area contributed by atoms with E-state index in [-0.39, 0.29) is 11.4 Å². The van der Waals surface area contributed by atoms with Crippen LogP contribution in [0.5, 0.6) is 0 Å². The number of carbonyl (C=O) groups excluding carboxylic acids is 2. The number of benzene rings is 2. The lowest BCUT2D eigenvalue weighted by Crippen LogP contribution is -2.34. The fraction of sp³-hybridized carbons (Fsp3) is 0.250. The van der Waals surface area contributed by atoms with Gasteiger partial charge in [0.05, 0.1) is 6.04 Å². The molecule has 6 nitrogen and oxygen atoms in total. The van der Waals surface area contributed by atoms with Gasteiger partial charge in [0, 0.05) is 16.8 Å². The molecular formula is C20H19F5N4O2. The summed E-state index contributed by atoms with van der Waals surface area (Å²) in [4.78, 5) is 24.1. The van der Waals surface area contributed by atoms with E-state index in [0.29, 0.717) is 23.4 Å². The van der Waals surface area contributed by atoms with Crippen LogP contribution >= 0.6 is 0 Å². The van der Waals surface area contributed by atoms with Crippen LogP contribution in [0.1, 0.15) is 36.1 Å². The highest BCUT2D eigenvalue weighted by atomic mass is 19.4. The standard InChI is InChI=1S/C20H19F5N4O2/c1-11(13-3-2-4-14(9-13)19(21,22)20(23,24)25)28-16(30)10-17(31)29-15-7-5-12(6-8-15)18(26)27/h2-9,11H,10H2,1H3,(H3,26,27)(H,28,30)(H,29,31)/t11-/m0/s1. The molecule has 2 aromatic rings. The third-order valence-corrected chi connectivity index (χ3v) is 4.28. The summed E-state index contributed by atoms with van der Waals surface area (Å²) in [5, 5.41) is 12.1. The van der Waals surface area contributed by atoms with E-state index < -0.39 is 41.9 Å². The highest BCUT2D eigenvalue weighted by molar-refractivity contribution is 6.04. The van der Waals surface area contributed by atoms with E-state index in [1.54, 1.807) is 0 Å². The first kappa shape index (κ1) is 23.8. The molecule has 5 N–H and O–H groups in total. The largest absolute Gasteiger partial charge is 0.458 e. The van der Waals surface area contributed by atoms with Crippen molar-refractivity contribution >= 4 is 23.3 Å². The number of nitrogen functional groups attached to an aromatic ring is 1. The zero-order valence-corrected chi connectivity index (χ0v) is 16.2. The molecule has 2 rings (SSSR count). The molecule has 0 spiro atoms. The summed E-state index contributed by atoms with van der Waals surface area (Å²) in [6.45, 7) is 1.39. The fourth-order valence-electron chi connectivity index (χ4n) is 2.63. The summed E-state index contributed by atoms with van der Waals surface area (Å²) in [6, 6.07) is 8.70. The van der Waals surface area contributed by atoms with Gasteiger partial charge in [-0.05, 0) is 42.8 Å². The Bertz CT molecular complexity index is 974. The molecule has 0 aliphatic carbocycles. The lowest BCUT2D eigenvalue weighted by molar-refractivity contribution is -0.289. The molecule has 0 fully saturated rings.